The summed E-state index contributed by atoms with van der Waals surface area (Å²) in [6.45, 7) is 1.92. The summed E-state index contributed by atoms with van der Waals surface area (Å²) in [5.74, 6) is -1.71. The molecule has 30 heavy (non-hydrogen) atoms. The van der Waals surface area contributed by atoms with Crippen molar-refractivity contribution in [2.45, 2.75) is 51.1 Å². The second-order valence-corrected chi connectivity index (χ2v) is 8.72. The third kappa shape index (κ3) is 3.41. The van der Waals surface area contributed by atoms with Crippen molar-refractivity contribution in [2.24, 2.45) is 0 Å². The number of rotatable bonds is 4. The number of amides is 1. The van der Waals surface area contributed by atoms with Crippen LogP contribution in [-0.4, -0.2) is 32.7 Å². The Bertz CT molecular complexity index is 1050. The topological polar surface area (TPSA) is 101 Å². The number of non-ortho nitro benzene ring substituents is 1. The van der Waals surface area contributed by atoms with Crippen molar-refractivity contribution in [1.29, 1.82) is 0 Å². The zero-order valence-electron chi connectivity index (χ0n) is 16.5. The van der Waals surface area contributed by atoms with Crippen LogP contribution in [0.15, 0.2) is 41.3 Å². The highest BCUT2D eigenvalue weighted by atomic mass is 32.1. The summed E-state index contributed by atoms with van der Waals surface area (Å²) in [6, 6.07) is 6.70. The lowest BCUT2D eigenvalue weighted by Crippen LogP contribution is -2.40. The number of hydrogen-bond acceptors (Lipinski definition) is 6. The number of carbonyl (C=O) groups excluding carboxylic acids is 2. The highest BCUT2D eigenvalue weighted by Crippen LogP contribution is 2.45. The Kier molecular flexibility index (Phi) is 5.42. The summed E-state index contributed by atoms with van der Waals surface area (Å²) in [6.07, 6.45) is 4.75. The van der Waals surface area contributed by atoms with E-state index in [-0.39, 0.29) is 28.6 Å². The van der Waals surface area contributed by atoms with Gasteiger partial charge in [-0.1, -0.05) is 31.4 Å². The third-order valence-electron chi connectivity index (χ3n) is 5.93. The van der Waals surface area contributed by atoms with Crippen molar-refractivity contribution in [1.82, 2.24) is 4.90 Å². The Morgan fingerprint density at radius 3 is 2.57 bits per heavy atom. The second-order valence-electron chi connectivity index (χ2n) is 7.77. The van der Waals surface area contributed by atoms with E-state index in [0.29, 0.717) is 0 Å². The zero-order valence-corrected chi connectivity index (χ0v) is 17.4. The molecule has 8 heteroatoms. The first-order valence-corrected chi connectivity index (χ1v) is 10.9. The van der Waals surface area contributed by atoms with Crippen LogP contribution in [0.5, 0.6) is 0 Å². The van der Waals surface area contributed by atoms with E-state index in [9.17, 15) is 24.8 Å². The van der Waals surface area contributed by atoms with Crippen molar-refractivity contribution in [3.05, 3.63) is 67.4 Å². The predicted molar refractivity (Wildman–Crippen MR) is 113 cm³/mol. The maximum atomic E-state index is 13.1. The zero-order chi connectivity index (χ0) is 21.4. The van der Waals surface area contributed by atoms with Crippen LogP contribution in [0.25, 0.3) is 5.76 Å². The van der Waals surface area contributed by atoms with E-state index in [1.54, 1.807) is 4.90 Å². The molecule has 0 radical (unpaired) electrons. The molecule has 1 saturated carbocycles. The first-order valence-electron chi connectivity index (χ1n) is 9.99. The molecule has 0 bridgehead atoms. The van der Waals surface area contributed by atoms with Gasteiger partial charge in [-0.3, -0.25) is 19.7 Å². The Hall–Kier alpha value is -3.00. The number of aliphatic hydroxyl groups is 1. The number of ketones is 1. The van der Waals surface area contributed by atoms with Gasteiger partial charge in [0.1, 0.15) is 11.8 Å². The average Bonchev–Trinajstić information content (AvgIpc) is 3.29. The highest BCUT2D eigenvalue weighted by Gasteiger charge is 2.49. The van der Waals surface area contributed by atoms with E-state index in [0.717, 1.165) is 42.5 Å². The van der Waals surface area contributed by atoms with Crippen LogP contribution in [0, 0.1) is 17.0 Å². The smallest absolute Gasteiger partial charge is 0.295 e. The van der Waals surface area contributed by atoms with E-state index in [1.807, 2.05) is 18.4 Å². The monoisotopic (exact) mass is 426 g/mol. The molecule has 4 rings (SSSR count). The maximum Gasteiger partial charge on any atom is 0.295 e. The molecular weight excluding hydrogens is 404 g/mol. The molecule has 1 N–H and O–H groups in total. The van der Waals surface area contributed by atoms with Crippen molar-refractivity contribution in [3.63, 3.8) is 0 Å². The lowest BCUT2D eigenvalue weighted by Gasteiger charge is -2.35. The molecule has 1 unspecified atom stereocenters. The molecule has 7 nitrogen and oxygen atoms in total. The van der Waals surface area contributed by atoms with Crippen LogP contribution in [0.4, 0.5) is 5.69 Å². The van der Waals surface area contributed by atoms with Crippen LogP contribution in [0.3, 0.4) is 0 Å². The molecule has 2 fully saturated rings. The Balaban J connectivity index is 1.88. The van der Waals surface area contributed by atoms with Gasteiger partial charge in [0.25, 0.3) is 17.4 Å². The fraction of sp³-hybridized carbons (Fsp3) is 0.364. The number of hydrogen-bond donors (Lipinski definition) is 1. The maximum absolute atomic E-state index is 13.1. The third-order valence-corrected chi connectivity index (χ3v) is 7.00. The Labute approximate surface area is 177 Å². The van der Waals surface area contributed by atoms with Crippen LogP contribution in [-0.2, 0) is 9.59 Å². The van der Waals surface area contributed by atoms with Gasteiger partial charge in [0.15, 0.2) is 0 Å². The normalized spacial score (nSPS) is 21.9. The number of thiophene rings is 1. The van der Waals surface area contributed by atoms with Gasteiger partial charge in [0, 0.05) is 28.6 Å². The molecule has 1 aliphatic heterocycles. The molecule has 1 atom stereocenters. The van der Waals surface area contributed by atoms with Gasteiger partial charge in [-0.2, -0.15) is 0 Å². The number of aryl methyl sites for hydroxylation is 1. The number of aliphatic hydroxyl groups excluding tert-OH is 1. The van der Waals surface area contributed by atoms with Crippen LogP contribution in [0.1, 0.15) is 54.1 Å². The van der Waals surface area contributed by atoms with Crippen LogP contribution < -0.4 is 0 Å². The number of likely N-dealkylation sites (tertiary alicyclic amines) is 1. The number of Topliss-reactive ketones (excluding diaryl/α,β-unsaturated/α-hetero) is 1. The summed E-state index contributed by atoms with van der Waals surface area (Å²) < 4.78 is 0. The lowest BCUT2D eigenvalue weighted by atomic mass is 9.92. The number of nitro groups is 1. The minimum Gasteiger partial charge on any atom is -0.507 e. The molecule has 1 aliphatic carbocycles. The average molecular weight is 426 g/mol. The summed E-state index contributed by atoms with van der Waals surface area (Å²) in [5.41, 5.74) is 0.920. The summed E-state index contributed by atoms with van der Waals surface area (Å²) >= 11 is 1.44. The second kappa shape index (κ2) is 8.02. The van der Waals surface area contributed by atoms with E-state index in [2.05, 4.69) is 0 Å². The van der Waals surface area contributed by atoms with Gasteiger partial charge in [-0.15, -0.1) is 11.3 Å². The number of carbonyl (C=O) groups is 2. The molecule has 156 valence electrons. The highest BCUT2D eigenvalue weighted by molar-refractivity contribution is 7.10. The first-order chi connectivity index (χ1) is 14.4. The van der Waals surface area contributed by atoms with Gasteiger partial charge in [-0.25, -0.2) is 0 Å². The molecule has 0 spiro atoms. The summed E-state index contributed by atoms with van der Waals surface area (Å²) in [4.78, 5) is 39.2. The van der Waals surface area contributed by atoms with Crippen LogP contribution in [0.2, 0.25) is 0 Å². The number of nitrogens with zero attached hydrogens (tertiary/aromatic N) is 2. The van der Waals surface area contributed by atoms with Crippen molar-refractivity contribution in [2.75, 3.05) is 0 Å². The Morgan fingerprint density at radius 2 is 1.93 bits per heavy atom. The van der Waals surface area contributed by atoms with E-state index >= 15 is 0 Å². The Morgan fingerprint density at radius 1 is 1.20 bits per heavy atom. The number of nitro benzene ring substituents is 1. The molecule has 1 saturated heterocycles. The standard InChI is InChI=1S/C22H22N2O5S/c1-13-10-11-30-21(13)18-17(19(25)14-6-5-9-16(12-14)24(28)29)20(26)22(27)23(18)15-7-3-2-4-8-15/h5-6,9-12,15,18,25H,2-4,7-8H2,1H3/b19-17-. The van der Waals surface area contributed by atoms with Gasteiger partial charge >= 0.3 is 0 Å². The molecule has 1 aromatic heterocycles. The van der Waals surface area contributed by atoms with Gasteiger partial charge in [0.05, 0.1) is 10.5 Å². The molecule has 1 amide bonds. The molecule has 2 heterocycles. The van der Waals surface area contributed by atoms with E-state index < -0.39 is 22.7 Å². The summed E-state index contributed by atoms with van der Waals surface area (Å²) in [5, 5.41) is 24.1. The summed E-state index contributed by atoms with van der Waals surface area (Å²) in [7, 11) is 0. The predicted octanol–water partition coefficient (Wildman–Crippen LogP) is 4.72. The van der Waals surface area contributed by atoms with Gasteiger partial charge < -0.3 is 10.0 Å². The van der Waals surface area contributed by atoms with Gasteiger partial charge in [-0.05, 0) is 36.8 Å². The minimum absolute atomic E-state index is 0.0108. The fourth-order valence-corrected chi connectivity index (χ4v) is 5.46. The van der Waals surface area contributed by atoms with E-state index in [1.165, 1.54) is 35.6 Å². The molecule has 1 aromatic carbocycles. The lowest BCUT2D eigenvalue weighted by molar-refractivity contribution is -0.384. The van der Waals surface area contributed by atoms with Crippen molar-refractivity contribution < 1.29 is 19.6 Å². The fourth-order valence-electron chi connectivity index (χ4n) is 4.43. The molecule has 2 aromatic rings. The molecule has 2 aliphatic rings. The number of benzene rings is 1. The van der Waals surface area contributed by atoms with Crippen LogP contribution >= 0.6 is 11.3 Å². The SMILES string of the molecule is Cc1ccsc1C1/C(=C(/O)c2cccc([N+](=O)[O-])c2)C(=O)C(=O)N1C1CCCCC1. The van der Waals surface area contributed by atoms with Gasteiger partial charge in [0.2, 0.25) is 0 Å². The quantitative estimate of drug-likeness (QED) is 0.251. The largest absolute Gasteiger partial charge is 0.507 e. The van der Waals surface area contributed by atoms with Crippen molar-refractivity contribution in [3.8, 4) is 0 Å². The van der Waals surface area contributed by atoms with E-state index in [4.69, 9.17) is 0 Å². The minimum atomic E-state index is -0.734. The van der Waals surface area contributed by atoms with Crippen molar-refractivity contribution >= 4 is 34.5 Å². The molecular formula is C22H22N2O5S. The first kappa shape index (κ1) is 20.3.